The normalized spacial score (nSPS) is 18.9. The van der Waals surface area contributed by atoms with Gasteiger partial charge in [0.25, 0.3) is 0 Å². The van der Waals surface area contributed by atoms with E-state index in [4.69, 9.17) is 9.47 Å². The van der Waals surface area contributed by atoms with Crippen LogP contribution in [0, 0.1) is 0 Å². The SMILES string of the molecule is COc1ccc(OC)c([C@@H]2CNC(=O)N2)c1. The van der Waals surface area contributed by atoms with Crippen LogP contribution >= 0.6 is 0 Å². The number of benzene rings is 1. The summed E-state index contributed by atoms with van der Waals surface area (Å²) in [6.07, 6.45) is 0. The van der Waals surface area contributed by atoms with Gasteiger partial charge in [0, 0.05) is 12.1 Å². The number of amides is 2. The van der Waals surface area contributed by atoms with Gasteiger partial charge >= 0.3 is 6.03 Å². The number of nitrogens with one attached hydrogen (secondary N) is 2. The van der Waals surface area contributed by atoms with Gasteiger partial charge in [-0.15, -0.1) is 0 Å². The minimum absolute atomic E-state index is 0.0717. The summed E-state index contributed by atoms with van der Waals surface area (Å²) in [6.45, 7) is 0.558. The highest BCUT2D eigenvalue weighted by molar-refractivity contribution is 5.77. The minimum atomic E-state index is -0.158. The molecule has 2 N–H and O–H groups in total. The summed E-state index contributed by atoms with van der Waals surface area (Å²) in [7, 11) is 3.21. The summed E-state index contributed by atoms with van der Waals surface area (Å²) in [5.74, 6) is 1.49. The standard InChI is InChI=1S/C11H14N2O3/c1-15-7-3-4-10(16-2)8(5-7)9-6-12-11(14)13-9/h3-5,9H,6H2,1-2H3,(H2,12,13,14)/t9-/m0/s1. The van der Waals surface area contributed by atoms with Crippen molar-refractivity contribution in [3.05, 3.63) is 23.8 Å². The van der Waals surface area contributed by atoms with Gasteiger partial charge in [0.05, 0.1) is 20.3 Å². The summed E-state index contributed by atoms with van der Waals surface area (Å²) < 4.78 is 10.4. The maximum absolute atomic E-state index is 11.1. The average molecular weight is 222 g/mol. The second-order valence-electron chi connectivity index (χ2n) is 3.51. The van der Waals surface area contributed by atoms with Gasteiger partial charge in [-0.3, -0.25) is 0 Å². The van der Waals surface area contributed by atoms with Gasteiger partial charge in [-0.1, -0.05) is 0 Å². The molecule has 0 bridgehead atoms. The van der Waals surface area contributed by atoms with Crippen LogP contribution in [0.2, 0.25) is 0 Å². The Hall–Kier alpha value is -1.91. The van der Waals surface area contributed by atoms with Crippen molar-refractivity contribution in [1.29, 1.82) is 0 Å². The fourth-order valence-corrected chi connectivity index (χ4v) is 1.75. The molecule has 1 aromatic rings. The molecule has 0 spiro atoms. The van der Waals surface area contributed by atoms with E-state index in [1.165, 1.54) is 0 Å². The smallest absolute Gasteiger partial charge is 0.315 e. The molecular formula is C11H14N2O3. The Morgan fingerprint density at radius 3 is 2.69 bits per heavy atom. The van der Waals surface area contributed by atoms with Gasteiger partial charge in [-0.2, -0.15) is 0 Å². The monoisotopic (exact) mass is 222 g/mol. The van der Waals surface area contributed by atoms with Gasteiger partial charge in [-0.05, 0) is 18.2 Å². The Balaban J connectivity index is 2.33. The molecule has 2 amide bonds. The minimum Gasteiger partial charge on any atom is -0.497 e. The molecule has 0 aromatic heterocycles. The molecule has 1 aromatic carbocycles. The zero-order chi connectivity index (χ0) is 11.5. The van der Waals surface area contributed by atoms with Crippen molar-refractivity contribution in [2.24, 2.45) is 0 Å². The highest BCUT2D eigenvalue weighted by Gasteiger charge is 2.24. The Morgan fingerprint density at radius 1 is 1.31 bits per heavy atom. The number of hydrogen-bond donors (Lipinski definition) is 2. The second-order valence-corrected chi connectivity index (χ2v) is 3.51. The van der Waals surface area contributed by atoms with Crippen molar-refractivity contribution in [2.45, 2.75) is 6.04 Å². The van der Waals surface area contributed by atoms with Crippen molar-refractivity contribution in [3.8, 4) is 11.5 Å². The number of hydrogen-bond acceptors (Lipinski definition) is 3. The summed E-state index contributed by atoms with van der Waals surface area (Å²) in [5, 5.41) is 5.52. The summed E-state index contributed by atoms with van der Waals surface area (Å²) in [6, 6.07) is 5.30. The van der Waals surface area contributed by atoms with E-state index in [1.54, 1.807) is 14.2 Å². The summed E-state index contributed by atoms with van der Waals surface area (Å²) >= 11 is 0. The first-order chi connectivity index (χ1) is 7.74. The van der Waals surface area contributed by atoms with Gasteiger partial charge in [0.1, 0.15) is 11.5 Å². The summed E-state index contributed by atoms with van der Waals surface area (Å²) in [5.41, 5.74) is 0.917. The Labute approximate surface area is 93.7 Å². The highest BCUT2D eigenvalue weighted by atomic mass is 16.5. The first kappa shape index (κ1) is 10.6. The third kappa shape index (κ3) is 1.88. The number of carbonyl (C=O) groups excluding carboxylic acids is 1. The topological polar surface area (TPSA) is 59.6 Å². The third-order valence-electron chi connectivity index (χ3n) is 2.58. The van der Waals surface area contributed by atoms with Gasteiger partial charge in [0.2, 0.25) is 0 Å². The molecule has 0 saturated carbocycles. The van der Waals surface area contributed by atoms with E-state index in [9.17, 15) is 4.79 Å². The largest absolute Gasteiger partial charge is 0.497 e. The fourth-order valence-electron chi connectivity index (χ4n) is 1.75. The predicted molar refractivity (Wildman–Crippen MR) is 58.8 cm³/mol. The predicted octanol–water partition coefficient (Wildman–Crippen LogP) is 1.06. The van der Waals surface area contributed by atoms with Gasteiger partial charge in [0.15, 0.2) is 0 Å². The molecule has 0 aliphatic carbocycles. The molecule has 1 aliphatic heterocycles. The van der Waals surface area contributed by atoms with E-state index in [2.05, 4.69) is 10.6 Å². The Kier molecular flexibility index (Phi) is 2.85. The molecule has 1 aliphatic rings. The van der Waals surface area contributed by atoms with E-state index < -0.39 is 0 Å². The van der Waals surface area contributed by atoms with Crippen LogP contribution < -0.4 is 20.1 Å². The van der Waals surface area contributed by atoms with E-state index in [0.29, 0.717) is 6.54 Å². The molecule has 2 rings (SSSR count). The zero-order valence-electron chi connectivity index (χ0n) is 9.24. The number of carbonyl (C=O) groups is 1. The molecule has 1 saturated heterocycles. The first-order valence-electron chi connectivity index (χ1n) is 5.01. The van der Waals surface area contributed by atoms with Crippen molar-refractivity contribution < 1.29 is 14.3 Å². The van der Waals surface area contributed by atoms with E-state index in [0.717, 1.165) is 17.1 Å². The first-order valence-corrected chi connectivity index (χ1v) is 5.01. The van der Waals surface area contributed by atoms with Crippen molar-refractivity contribution >= 4 is 6.03 Å². The van der Waals surface area contributed by atoms with E-state index >= 15 is 0 Å². The Morgan fingerprint density at radius 2 is 2.12 bits per heavy atom. The number of methoxy groups -OCH3 is 2. The van der Waals surface area contributed by atoms with Crippen molar-refractivity contribution in [1.82, 2.24) is 10.6 Å². The van der Waals surface area contributed by atoms with Gasteiger partial charge < -0.3 is 20.1 Å². The number of urea groups is 1. The third-order valence-corrected chi connectivity index (χ3v) is 2.58. The lowest BCUT2D eigenvalue weighted by molar-refractivity contribution is 0.247. The van der Waals surface area contributed by atoms with Crippen LogP contribution in [0.1, 0.15) is 11.6 Å². The van der Waals surface area contributed by atoms with Crippen LogP contribution in [-0.4, -0.2) is 26.8 Å². The molecule has 0 unspecified atom stereocenters. The highest BCUT2D eigenvalue weighted by Crippen LogP contribution is 2.30. The molecule has 16 heavy (non-hydrogen) atoms. The molecule has 1 atom stereocenters. The lowest BCUT2D eigenvalue weighted by Crippen LogP contribution is -2.21. The summed E-state index contributed by atoms with van der Waals surface area (Å²) in [4.78, 5) is 11.1. The van der Waals surface area contributed by atoms with Crippen LogP contribution in [0.4, 0.5) is 4.79 Å². The van der Waals surface area contributed by atoms with Crippen LogP contribution in [0.5, 0.6) is 11.5 Å². The Bertz CT molecular complexity index is 406. The molecule has 1 fully saturated rings. The van der Waals surface area contributed by atoms with Crippen LogP contribution in [0.3, 0.4) is 0 Å². The molecule has 5 nitrogen and oxygen atoms in total. The lowest BCUT2D eigenvalue weighted by Gasteiger charge is -2.14. The molecular weight excluding hydrogens is 208 g/mol. The second kappa shape index (κ2) is 4.30. The van der Waals surface area contributed by atoms with Gasteiger partial charge in [-0.25, -0.2) is 4.79 Å². The average Bonchev–Trinajstić information content (AvgIpc) is 2.75. The maximum Gasteiger partial charge on any atom is 0.315 e. The molecule has 5 heteroatoms. The lowest BCUT2D eigenvalue weighted by atomic mass is 10.1. The van der Waals surface area contributed by atoms with Crippen molar-refractivity contribution in [3.63, 3.8) is 0 Å². The maximum atomic E-state index is 11.1. The number of rotatable bonds is 3. The molecule has 86 valence electrons. The fraction of sp³-hybridized carbons (Fsp3) is 0.364. The molecule has 0 radical (unpaired) electrons. The van der Waals surface area contributed by atoms with E-state index in [-0.39, 0.29) is 12.1 Å². The van der Waals surface area contributed by atoms with Crippen molar-refractivity contribution in [2.75, 3.05) is 20.8 Å². The van der Waals surface area contributed by atoms with E-state index in [1.807, 2.05) is 18.2 Å². The van der Waals surface area contributed by atoms with Crippen LogP contribution in [0.25, 0.3) is 0 Å². The van der Waals surface area contributed by atoms with Crippen LogP contribution in [-0.2, 0) is 0 Å². The number of ether oxygens (including phenoxy) is 2. The van der Waals surface area contributed by atoms with Crippen LogP contribution in [0.15, 0.2) is 18.2 Å². The zero-order valence-corrected chi connectivity index (χ0v) is 9.24. The molecule has 1 heterocycles. The quantitative estimate of drug-likeness (QED) is 0.803.